The van der Waals surface area contributed by atoms with Crippen LogP contribution in [0.2, 0.25) is 0 Å². The van der Waals surface area contributed by atoms with Crippen molar-refractivity contribution in [2.45, 2.75) is 37.8 Å². The van der Waals surface area contributed by atoms with E-state index in [1.54, 1.807) is 0 Å². The number of hydrogen-bond donors (Lipinski definition) is 1. The molecule has 2 unspecified atom stereocenters. The van der Waals surface area contributed by atoms with Crippen LogP contribution in [0.5, 0.6) is 0 Å². The molecule has 3 heteroatoms. The summed E-state index contributed by atoms with van der Waals surface area (Å²) >= 11 is 0. The van der Waals surface area contributed by atoms with E-state index in [9.17, 15) is 0 Å². The Morgan fingerprint density at radius 2 is 1.94 bits per heavy atom. The summed E-state index contributed by atoms with van der Waals surface area (Å²) in [6, 6.07) is 1.39. The average Bonchev–Trinajstić information content (AvgIpc) is 2.71. The van der Waals surface area contributed by atoms with Crippen molar-refractivity contribution < 1.29 is 0 Å². The molecule has 2 aliphatic rings. The number of hydrogen-bond acceptors (Lipinski definition) is 3. The Kier molecular flexibility index (Phi) is 4.22. The summed E-state index contributed by atoms with van der Waals surface area (Å²) in [7, 11) is 6.74. The highest BCUT2D eigenvalue weighted by Crippen LogP contribution is 2.31. The lowest BCUT2D eigenvalue weighted by molar-refractivity contribution is 0.113. The van der Waals surface area contributed by atoms with E-state index in [1.807, 2.05) is 0 Å². The lowest BCUT2D eigenvalue weighted by Gasteiger charge is -2.42. The SMILES string of the molecule is CN1CCNC(C(C2CCCC2)N(C)C)C1. The minimum atomic E-state index is 0.664. The van der Waals surface area contributed by atoms with Crippen LogP contribution in [0.25, 0.3) is 0 Å². The molecule has 0 radical (unpaired) electrons. The Hall–Kier alpha value is -0.120. The van der Waals surface area contributed by atoms with Crippen molar-refractivity contribution >= 4 is 0 Å². The molecular weight excluding hydrogens is 198 g/mol. The van der Waals surface area contributed by atoms with Crippen LogP contribution in [-0.2, 0) is 0 Å². The number of rotatable bonds is 3. The highest BCUT2D eigenvalue weighted by molar-refractivity contribution is 4.93. The van der Waals surface area contributed by atoms with Crippen LogP contribution in [0.1, 0.15) is 25.7 Å². The first-order valence-electron chi connectivity index (χ1n) is 6.77. The molecule has 3 nitrogen and oxygen atoms in total. The van der Waals surface area contributed by atoms with Crippen LogP contribution in [0.15, 0.2) is 0 Å². The van der Waals surface area contributed by atoms with Gasteiger partial charge in [0.2, 0.25) is 0 Å². The van der Waals surface area contributed by atoms with Gasteiger partial charge >= 0.3 is 0 Å². The number of likely N-dealkylation sites (N-methyl/N-ethyl adjacent to an activating group) is 2. The molecule has 0 spiro atoms. The molecule has 0 aromatic rings. The fourth-order valence-corrected chi connectivity index (χ4v) is 3.57. The Morgan fingerprint density at radius 3 is 2.50 bits per heavy atom. The summed E-state index contributed by atoms with van der Waals surface area (Å²) in [5, 5.41) is 3.72. The van der Waals surface area contributed by atoms with Crippen LogP contribution >= 0.6 is 0 Å². The molecule has 16 heavy (non-hydrogen) atoms. The summed E-state index contributed by atoms with van der Waals surface area (Å²) in [6.45, 7) is 3.55. The first-order valence-corrected chi connectivity index (χ1v) is 6.77. The van der Waals surface area contributed by atoms with Gasteiger partial charge in [0.25, 0.3) is 0 Å². The second-order valence-corrected chi connectivity index (χ2v) is 5.82. The monoisotopic (exact) mass is 225 g/mol. The van der Waals surface area contributed by atoms with Crippen LogP contribution in [0.3, 0.4) is 0 Å². The van der Waals surface area contributed by atoms with Gasteiger partial charge in [0.05, 0.1) is 0 Å². The first-order chi connectivity index (χ1) is 7.68. The predicted molar refractivity (Wildman–Crippen MR) is 68.7 cm³/mol. The minimum Gasteiger partial charge on any atom is -0.310 e. The largest absolute Gasteiger partial charge is 0.310 e. The molecule has 0 aromatic heterocycles. The van der Waals surface area contributed by atoms with Gasteiger partial charge in [0.15, 0.2) is 0 Å². The quantitative estimate of drug-likeness (QED) is 0.773. The normalized spacial score (nSPS) is 31.1. The van der Waals surface area contributed by atoms with Crippen LogP contribution in [-0.4, -0.2) is 62.7 Å². The highest BCUT2D eigenvalue weighted by atomic mass is 15.2. The lowest BCUT2D eigenvalue weighted by atomic mass is 9.89. The van der Waals surface area contributed by atoms with Gasteiger partial charge in [-0.25, -0.2) is 0 Å². The summed E-state index contributed by atoms with van der Waals surface area (Å²) in [6.07, 6.45) is 5.75. The van der Waals surface area contributed by atoms with Gasteiger partial charge in [-0.1, -0.05) is 12.8 Å². The summed E-state index contributed by atoms with van der Waals surface area (Å²) in [5.74, 6) is 0.916. The van der Waals surface area contributed by atoms with Crippen molar-refractivity contribution in [3.63, 3.8) is 0 Å². The van der Waals surface area contributed by atoms with Gasteiger partial charge < -0.3 is 15.1 Å². The fourth-order valence-electron chi connectivity index (χ4n) is 3.57. The average molecular weight is 225 g/mol. The zero-order valence-electron chi connectivity index (χ0n) is 11.1. The third-order valence-electron chi connectivity index (χ3n) is 4.30. The van der Waals surface area contributed by atoms with Gasteiger partial charge in [-0.2, -0.15) is 0 Å². The third-order valence-corrected chi connectivity index (χ3v) is 4.30. The van der Waals surface area contributed by atoms with Gasteiger partial charge in [0.1, 0.15) is 0 Å². The molecule has 0 bridgehead atoms. The van der Waals surface area contributed by atoms with Crippen molar-refractivity contribution in [3.05, 3.63) is 0 Å². The second kappa shape index (κ2) is 5.48. The van der Waals surface area contributed by atoms with Crippen LogP contribution < -0.4 is 5.32 Å². The van der Waals surface area contributed by atoms with E-state index >= 15 is 0 Å². The second-order valence-electron chi connectivity index (χ2n) is 5.82. The molecule has 1 aliphatic carbocycles. The van der Waals surface area contributed by atoms with Crippen LogP contribution in [0, 0.1) is 5.92 Å². The number of nitrogens with one attached hydrogen (secondary N) is 1. The molecule has 2 rings (SSSR count). The summed E-state index contributed by atoms with van der Waals surface area (Å²) in [4.78, 5) is 4.92. The fraction of sp³-hybridized carbons (Fsp3) is 1.00. The maximum Gasteiger partial charge on any atom is 0.0354 e. The Balaban J connectivity index is 1.99. The molecule has 0 aromatic carbocycles. The molecule has 1 saturated carbocycles. The molecule has 2 atom stereocenters. The molecule has 2 fully saturated rings. The van der Waals surface area contributed by atoms with Crippen LogP contribution in [0.4, 0.5) is 0 Å². The molecule has 1 heterocycles. The maximum absolute atomic E-state index is 3.72. The van der Waals surface area contributed by atoms with Crippen molar-refractivity contribution in [1.82, 2.24) is 15.1 Å². The molecule has 1 N–H and O–H groups in total. The first kappa shape index (κ1) is 12.3. The Morgan fingerprint density at radius 1 is 1.25 bits per heavy atom. The van der Waals surface area contributed by atoms with Gasteiger partial charge in [-0.3, -0.25) is 0 Å². The Labute approximate surface area is 100 Å². The minimum absolute atomic E-state index is 0.664. The van der Waals surface area contributed by atoms with E-state index in [1.165, 1.54) is 38.8 Å². The van der Waals surface area contributed by atoms with E-state index in [0.29, 0.717) is 6.04 Å². The van der Waals surface area contributed by atoms with E-state index in [0.717, 1.165) is 18.5 Å². The van der Waals surface area contributed by atoms with Gasteiger partial charge in [-0.05, 0) is 39.9 Å². The third kappa shape index (κ3) is 2.76. The van der Waals surface area contributed by atoms with E-state index < -0.39 is 0 Å². The summed E-state index contributed by atoms with van der Waals surface area (Å²) in [5.41, 5.74) is 0. The molecular formula is C13H27N3. The molecule has 94 valence electrons. The molecule has 1 aliphatic heterocycles. The summed E-state index contributed by atoms with van der Waals surface area (Å²) < 4.78 is 0. The van der Waals surface area contributed by atoms with Gasteiger partial charge in [-0.15, -0.1) is 0 Å². The molecule has 1 saturated heterocycles. The highest BCUT2D eigenvalue weighted by Gasteiger charge is 2.34. The standard InChI is InChI=1S/C13H27N3/c1-15(2)13(11-6-4-5-7-11)12-10-16(3)9-8-14-12/h11-14H,4-10H2,1-3H3. The zero-order chi connectivity index (χ0) is 11.5. The predicted octanol–water partition coefficient (Wildman–Crippen LogP) is 1.01. The maximum atomic E-state index is 3.72. The Bertz CT molecular complexity index is 211. The van der Waals surface area contributed by atoms with Gasteiger partial charge in [0, 0.05) is 31.7 Å². The van der Waals surface area contributed by atoms with Crippen molar-refractivity contribution in [1.29, 1.82) is 0 Å². The zero-order valence-corrected chi connectivity index (χ0v) is 11.1. The van der Waals surface area contributed by atoms with E-state index in [2.05, 4.69) is 36.3 Å². The lowest BCUT2D eigenvalue weighted by Crippen LogP contribution is -2.59. The van der Waals surface area contributed by atoms with Crippen molar-refractivity contribution in [3.8, 4) is 0 Å². The van der Waals surface area contributed by atoms with E-state index in [4.69, 9.17) is 0 Å². The number of nitrogens with zero attached hydrogens (tertiary/aromatic N) is 2. The molecule has 0 amide bonds. The topological polar surface area (TPSA) is 18.5 Å². The van der Waals surface area contributed by atoms with E-state index in [-0.39, 0.29) is 0 Å². The smallest absolute Gasteiger partial charge is 0.0354 e. The van der Waals surface area contributed by atoms with Crippen molar-refractivity contribution in [2.75, 3.05) is 40.8 Å². The number of piperazine rings is 1. The van der Waals surface area contributed by atoms with Crippen molar-refractivity contribution in [2.24, 2.45) is 5.92 Å².